The molecule has 3 N–H and O–H groups in total. The summed E-state index contributed by atoms with van der Waals surface area (Å²) < 4.78 is 7.33. The van der Waals surface area contributed by atoms with Gasteiger partial charge in [-0.15, -0.1) is 0 Å². The number of pyridine rings is 2. The number of hydrogen-bond acceptors (Lipinski definition) is 5. The van der Waals surface area contributed by atoms with Crippen LogP contribution in [0.5, 0.6) is 5.75 Å². The Morgan fingerprint density at radius 3 is 2.24 bits per heavy atom. The van der Waals surface area contributed by atoms with Crippen molar-refractivity contribution in [1.82, 2.24) is 9.55 Å². The van der Waals surface area contributed by atoms with Crippen LogP contribution in [0.2, 0.25) is 0 Å². The maximum absolute atomic E-state index is 14.4. The van der Waals surface area contributed by atoms with E-state index in [0.717, 1.165) is 22.4 Å². The van der Waals surface area contributed by atoms with Crippen LogP contribution in [0, 0.1) is 0 Å². The van der Waals surface area contributed by atoms with Gasteiger partial charge in [0.1, 0.15) is 23.7 Å². The lowest BCUT2D eigenvalue weighted by Crippen LogP contribution is -2.30. The van der Waals surface area contributed by atoms with Gasteiger partial charge in [0.25, 0.3) is 5.56 Å². The molecular formula is C37H40N4O4. The predicted octanol–water partition coefficient (Wildman–Crippen LogP) is 7.57. The third-order valence-corrected chi connectivity index (χ3v) is 7.82. The fraction of sp³-hybridized carbons (Fsp3) is 0.270. The number of para-hydroxylation sites is 1. The Balaban J connectivity index is 1.65. The Labute approximate surface area is 263 Å². The minimum atomic E-state index is -0.506. The van der Waals surface area contributed by atoms with Crippen LogP contribution in [0.1, 0.15) is 56.2 Å². The van der Waals surface area contributed by atoms with Crippen molar-refractivity contribution in [3.8, 4) is 16.9 Å². The van der Waals surface area contributed by atoms with E-state index in [2.05, 4.69) is 43.3 Å². The summed E-state index contributed by atoms with van der Waals surface area (Å²) in [6.07, 6.45) is 2.28. The highest BCUT2D eigenvalue weighted by Gasteiger charge is 2.23. The zero-order chi connectivity index (χ0) is 31.9. The molecule has 5 rings (SSSR count). The van der Waals surface area contributed by atoms with Crippen molar-refractivity contribution in [3.63, 3.8) is 0 Å². The van der Waals surface area contributed by atoms with Gasteiger partial charge in [-0.1, -0.05) is 88.4 Å². The maximum Gasteiger partial charge on any atom is 0.323 e. The van der Waals surface area contributed by atoms with Crippen molar-refractivity contribution in [2.45, 2.75) is 52.5 Å². The summed E-state index contributed by atoms with van der Waals surface area (Å²) in [6, 6.07) is 26.5. The molecule has 0 aliphatic rings. The quantitative estimate of drug-likeness (QED) is 0.144. The molecule has 232 valence electrons. The minimum absolute atomic E-state index is 0.127. The van der Waals surface area contributed by atoms with Gasteiger partial charge in [-0.25, -0.2) is 9.78 Å². The molecule has 45 heavy (non-hydrogen) atoms. The first-order valence-electron chi connectivity index (χ1n) is 15.4. The maximum atomic E-state index is 14.4. The molecule has 2 amide bonds. The summed E-state index contributed by atoms with van der Waals surface area (Å²) in [4.78, 5) is 32.9. The highest BCUT2D eigenvalue weighted by Crippen LogP contribution is 2.36. The topological polar surface area (TPSA) is 105 Å². The van der Waals surface area contributed by atoms with Crippen molar-refractivity contribution < 1.29 is 14.6 Å². The van der Waals surface area contributed by atoms with Crippen LogP contribution in [0.4, 0.5) is 16.2 Å². The molecule has 0 fully saturated rings. The molecule has 0 unspecified atom stereocenters. The van der Waals surface area contributed by atoms with Crippen LogP contribution in [0.15, 0.2) is 95.9 Å². The molecule has 0 bridgehead atoms. The van der Waals surface area contributed by atoms with Crippen LogP contribution in [-0.4, -0.2) is 33.9 Å². The van der Waals surface area contributed by atoms with E-state index in [4.69, 9.17) is 4.74 Å². The van der Waals surface area contributed by atoms with E-state index < -0.39 is 6.03 Å². The molecule has 2 heterocycles. The molecule has 0 radical (unpaired) electrons. The SMILES string of the molecule is CC(C)c1cccc(C(C)C)c1NC(=O)Nc1c(-c2cccc(OCCO)c2)c2cccnc2n(CCc2ccccc2)c1=O. The van der Waals surface area contributed by atoms with Crippen molar-refractivity contribution in [1.29, 1.82) is 0 Å². The standard InChI is InChI=1S/C37H40N4O4/c1-24(2)29-15-9-16-30(25(3)4)33(29)39-37(44)40-34-32(27-13-8-14-28(23-27)45-22-21-42)31-17-10-19-38-35(31)41(36(34)43)20-18-26-11-6-5-7-12-26/h5-17,19,23-25,42H,18,20-22H2,1-4H3,(H2,39,40,44). The number of hydrogen-bond donors (Lipinski definition) is 3. The Kier molecular flexibility index (Phi) is 9.95. The summed E-state index contributed by atoms with van der Waals surface area (Å²) in [6.45, 7) is 8.75. The number of carbonyl (C=O) groups is 1. The van der Waals surface area contributed by atoms with Crippen LogP contribution >= 0.6 is 0 Å². The lowest BCUT2D eigenvalue weighted by atomic mass is 9.93. The third-order valence-electron chi connectivity index (χ3n) is 7.82. The third kappa shape index (κ3) is 7.07. The van der Waals surface area contributed by atoms with E-state index in [1.165, 1.54) is 0 Å². The van der Waals surface area contributed by atoms with Crippen LogP contribution in [0.25, 0.3) is 22.2 Å². The molecule has 8 heteroatoms. The largest absolute Gasteiger partial charge is 0.491 e. The second kappa shape index (κ2) is 14.2. The van der Waals surface area contributed by atoms with E-state index in [-0.39, 0.29) is 36.3 Å². The molecule has 0 aliphatic heterocycles. The monoisotopic (exact) mass is 604 g/mol. The van der Waals surface area contributed by atoms with Crippen molar-refractivity contribution in [2.24, 2.45) is 0 Å². The Morgan fingerprint density at radius 2 is 1.56 bits per heavy atom. The molecule has 5 aromatic rings. The number of aryl methyl sites for hydroxylation is 2. The zero-order valence-corrected chi connectivity index (χ0v) is 26.2. The number of aliphatic hydroxyl groups excluding tert-OH is 1. The number of ether oxygens (including phenoxy) is 1. The first kappa shape index (κ1) is 31.5. The summed E-state index contributed by atoms with van der Waals surface area (Å²) in [5.41, 5.74) is 5.42. The van der Waals surface area contributed by atoms with E-state index in [0.29, 0.717) is 40.9 Å². The fourth-order valence-corrected chi connectivity index (χ4v) is 5.65. The highest BCUT2D eigenvalue weighted by atomic mass is 16.5. The second-order valence-electron chi connectivity index (χ2n) is 11.6. The summed E-state index contributed by atoms with van der Waals surface area (Å²) in [5.74, 6) is 0.894. The fourth-order valence-electron chi connectivity index (χ4n) is 5.65. The Hall–Kier alpha value is -4.95. The highest BCUT2D eigenvalue weighted by molar-refractivity contribution is 6.07. The lowest BCUT2D eigenvalue weighted by molar-refractivity contribution is 0.201. The number of benzene rings is 3. The predicted molar refractivity (Wildman–Crippen MR) is 181 cm³/mol. The number of nitrogens with zero attached hydrogens (tertiary/aromatic N) is 2. The minimum Gasteiger partial charge on any atom is -0.491 e. The number of rotatable bonds is 11. The number of amides is 2. The molecule has 0 aliphatic carbocycles. The van der Waals surface area contributed by atoms with Gasteiger partial charge >= 0.3 is 6.03 Å². The van der Waals surface area contributed by atoms with Gasteiger partial charge in [0, 0.05) is 29.4 Å². The van der Waals surface area contributed by atoms with E-state index in [1.807, 2.05) is 72.8 Å². The number of nitrogens with one attached hydrogen (secondary N) is 2. The first-order valence-corrected chi connectivity index (χ1v) is 15.4. The first-order chi connectivity index (χ1) is 21.8. The molecule has 0 atom stereocenters. The number of fused-ring (bicyclic) bond motifs is 1. The smallest absolute Gasteiger partial charge is 0.323 e. The summed E-state index contributed by atoms with van der Waals surface area (Å²) in [5, 5.41) is 16.1. The van der Waals surface area contributed by atoms with E-state index in [9.17, 15) is 14.7 Å². The van der Waals surface area contributed by atoms with E-state index in [1.54, 1.807) is 22.9 Å². The van der Waals surface area contributed by atoms with Gasteiger partial charge in [-0.2, -0.15) is 0 Å². The van der Waals surface area contributed by atoms with Gasteiger partial charge in [-0.3, -0.25) is 9.36 Å². The van der Waals surface area contributed by atoms with Crippen molar-refractivity contribution >= 4 is 28.4 Å². The number of carbonyl (C=O) groups excluding carboxylic acids is 1. The number of urea groups is 1. The van der Waals surface area contributed by atoms with Gasteiger partial charge in [0.2, 0.25) is 0 Å². The molecule has 3 aromatic carbocycles. The van der Waals surface area contributed by atoms with Gasteiger partial charge in [0.05, 0.1) is 6.61 Å². The van der Waals surface area contributed by atoms with E-state index >= 15 is 0 Å². The van der Waals surface area contributed by atoms with Crippen molar-refractivity contribution in [3.05, 3.63) is 118 Å². The molecule has 0 saturated carbocycles. The summed E-state index contributed by atoms with van der Waals surface area (Å²) >= 11 is 0. The van der Waals surface area contributed by atoms with Crippen LogP contribution in [0.3, 0.4) is 0 Å². The Morgan fingerprint density at radius 1 is 0.867 bits per heavy atom. The molecule has 8 nitrogen and oxygen atoms in total. The summed E-state index contributed by atoms with van der Waals surface area (Å²) in [7, 11) is 0. The second-order valence-corrected chi connectivity index (χ2v) is 11.6. The molecule has 0 saturated heterocycles. The number of anilines is 2. The average molecular weight is 605 g/mol. The van der Waals surface area contributed by atoms with Crippen LogP contribution in [-0.2, 0) is 13.0 Å². The van der Waals surface area contributed by atoms with Crippen LogP contribution < -0.4 is 20.9 Å². The average Bonchev–Trinajstić information content (AvgIpc) is 3.04. The molecule has 2 aromatic heterocycles. The van der Waals surface area contributed by atoms with Crippen molar-refractivity contribution in [2.75, 3.05) is 23.8 Å². The number of aliphatic hydroxyl groups is 1. The number of aromatic nitrogens is 2. The zero-order valence-electron chi connectivity index (χ0n) is 26.2. The Bertz CT molecular complexity index is 1820. The van der Waals surface area contributed by atoms with Gasteiger partial charge in [0.15, 0.2) is 0 Å². The molecule has 0 spiro atoms. The normalized spacial score (nSPS) is 11.3. The van der Waals surface area contributed by atoms with Gasteiger partial charge < -0.3 is 20.5 Å². The molecular weight excluding hydrogens is 564 g/mol. The van der Waals surface area contributed by atoms with Gasteiger partial charge in [-0.05, 0) is 64.8 Å². The lowest BCUT2D eigenvalue weighted by Gasteiger charge is -2.22.